The predicted octanol–water partition coefficient (Wildman–Crippen LogP) is 8.94. The van der Waals surface area contributed by atoms with E-state index >= 15 is 0 Å². The van der Waals surface area contributed by atoms with E-state index in [1.165, 1.54) is 34.5 Å². The molecule has 2 aliphatic rings. The van der Waals surface area contributed by atoms with E-state index in [2.05, 4.69) is 66.9 Å². The number of rotatable bonds is 6. The van der Waals surface area contributed by atoms with Crippen molar-refractivity contribution < 1.29 is 9.13 Å². The van der Waals surface area contributed by atoms with Gasteiger partial charge in [-0.1, -0.05) is 65.7 Å². The topological polar surface area (TPSA) is 33.6 Å². The molecular weight excluding hydrogens is 495 g/mol. The van der Waals surface area contributed by atoms with Crippen LogP contribution in [-0.2, 0) is 6.61 Å². The molecule has 4 aromatic carbocycles. The molecule has 3 nitrogen and oxygen atoms in total. The lowest BCUT2D eigenvalue weighted by Crippen LogP contribution is -2.29. The predicted molar refractivity (Wildman–Crippen MR) is 153 cm³/mol. The van der Waals surface area contributed by atoms with Crippen LogP contribution < -0.4 is 10.1 Å². The second kappa shape index (κ2) is 10.5. The first-order valence-corrected chi connectivity index (χ1v) is 13.3. The van der Waals surface area contributed by atoms with Gasteiger partial charge in [0.15, 0.2) is 0 Å². The lowest BCUT2D eigenvalue weighted by Gasteiger charge is -2.37. The molecule has 0 spiro atoms. The van der Waals surface area contributed by atoms with Crippen LogP contribution in [0.1, 0.15) is 46.2 Å². The summed E-state index contributed by atoms with van der Waals surface area (Å²) < 4.78 is 19.2. The summed E-state index contributed by atoms with van der Waals surface area (Å²) in [7, 11) is 0. The normalized spacial score (nSPS) is 19.7. The number of ether oxygens (including phenoxy) is 1. The average Bonchev–Trinajstić information content (AvgIpc) is 3.43. The fraction of sp³-hybridized carbons (Fsp3) is 0.182. The number of allylic oxidation sites excluding steroid dienone is 2. The van der Waals surface area contributed by atoms with Crippen molar-refractivity contribution in [1.82, 2.24) is 0 Å². The van der Waals surface area contributed by atoms with Gasteiger partial charge < -0.3 is 10.1 Å². The molecule has 0 fully saturated rings. The monoisotopic (exact) mass is 522 g/mol. The van der Waals surface area contributed by atoms with Crippen LogP contribution in [0.15, 0.2) is 102 Å². The second-order valence-electron chi connectivity index (χ2n) is 10.0. The largest absolute Gasteiger partial charge is 0.488 e. The molecule has 5 heteroatoms. The molecule has 1 heterocycles. The van der Waals surface area contributed by atoms with Gasteiger partial charge in [0.25, 0.3) is 0 Å². The Kier molecular flexibility index (Phi) is 6.73. The molecule has 0 aromatic heterocycles. The summed E-state index contributed by atoms with van der Waals surface area (Å²) in [5.74, 6) is 1.35. The van der Waals surface area contributed by atoms with Crippen molar-refractivity contribution in [2.75, 3.05) is 5.32 Å². The Labute approximate surface area is 227 Å². The zero-order chi connectivity index (χ0) is 26.1. The summed E-state index contributed by atoms with van der Waals surface area (Å²) in [5, 5.41) is 4.41. The molecule has 6 rings (SSSR count). The number of nitrogens with one attached hydrogen (secondary N) is 1. The van der Waals surface area contributed by atoms with Crippen LogP contribution in [0.25, 0.3) is 0 Å². The van der Waals surface area contributed by atoms with E-state index in [1.807, 2.05) is 12.1 Å². The molecule has 0 radical (unpaired) electrons. The van der Waals surface area contributed by atoms with E-state index in [0.29, 0.717) is 29.2 Å². The molecule has 1 aliphatic heterocycles. The first-order chi connectivity index (χ1) is 18.5. The van der Waals surface area contributed by atoms with Crippen LogP contribution >= 0.6 is 11.6 Å². The molecule has 0 unspecified atom stereocenters. The van der Waals surface area contributed by atoms with Gasteiger partial charge in [-0.05, 0) is 84.5 Å². The van der Waals surface area contributed by atoms with Gasteiger partial charge in [0.05, 0.1) is 11.7 Å². The highest BCUT2D eigenvalue weighted by atomic mass is 35.5. The number of hydrogen-bond donors (Lipinski definition) is 1. The number of benzene rings is 4. The molecule has 38 heavy (non-hydrogen) atoms. The Morgan fingerprint density at radius 1 is 1.00 bits per heavy atom. The van der Waals surface area contributed by atoms with Crippen molar-refractivity contribution >= 4 is 29.2 Å². The average molecular weight is 523 g/mol. The Balaban J connectivity index is 1.19. The number of aryl methyl sites for hydroxylation is 1. The summed E-state index contributed by atoms with van der Waals surface area (Å²) in [4.78, 5) is 4.70. The van der Waals surface area contributed by atoms with Crippen molar-refractivity contribution in [2.24, 2.45) is 10.9 Å². The highest BCUT2D eigenvalue weighted by molar-refractivity contribution is 6.30. The summed E-state index contributed by atoms with van der Waals surface area (Å²) in [6.07, 6.45) is 7.54. The standard InChI is InChI=1S/C33H28ClFN2O/c1-21-5-15-31-30(17-21)28-3-2-4-29(28)33(37-31)23-8-13-27(14-9-23)36-19-24-18-25(34)10-16-32(24)38-20-22-6-11-26(35)12-7-22/h2-3,5-19,28-29,33,37H,4,20H2,1H3/t28-,29+,33+/m1/s1. The third-order valence-electron chi connectivity index (χ3n) is 7.40. The molecule has 0 saturated carbocycles. The van der Waals surface area contributed by atoms with Gasteiger partial charge in [0.1, 0.15) is 18.2 Å². The van der Waals surface area contributed by atoms with Gasteiger partial charge in [-0.2, -0.15) is 0 Å². The maximum absolute atomic E-state index is 13.2. The Hall–Kier alpha value is -3.89. The summed E-state index contributed by atoms with van der Waals surface area (Å²) >= 11 is 6.26. The van der Waals surface area contributed by atoms with Crippen molar-refractivity contribution in [1.29, 1.82) is 0 Å². The van der Waals surface area contributed by atoms with Crippen molar-refractivity contribution in [3.05, 3.63) is 136 Å². The van der Waals surface area contributed by atoms with Crippen LogP contribution in [0.2, 0.25) is 5.02 Å². The lowest BCUT2D eigenvalue weighted by molar-refractivity contribution is 0.305. The van der Waals surface area contributed by atoms with Crippen LogP contribution in [0.4, 0.5) is 15.8 Å². The van der Waals surface area contributed by atoms with Crippen LogP contribution in [0.5, 0.6) is 5.75 Å². The van der Waals surface area contributed by atoms with Crippen LogP contribution in [0, 0.1) is 18.7 Å². The van der Waals surface area contributed by atoms with E-state index in [4.69, 9.17) is 21.3 Å². The molecular formula is C33H28ClFN2O. The Morgan fingerprint density at radius 2 is 1.82 bits per heavy atom. The first-order valence-electron chi connectivity index (χ1n) is 12.9. The number of fused-ring (bicyclic) bond motifs is 3. The third-order valence-corrected chi connectivity index (χ3v) is 7.64. The van der Waals surface area contributed by atoms with Crippen molar-refractivity contribution in [2.45, 2.75) is 31.9 Å². The minimum Gasteiger partial charge on any atom is -0.488 e. The molecule has 4 aromatic rings. The van der Waals surface area contributed by atoms with E-state index < -0.39 is 0 Å². The van der Waals surface area contributed by atoms with Crippen molar-refractivity contribution in [3.8, 4) is 5.75 Å². The van der Waals surface area contributed by atoms with Crippen LogP contribution in [-0.4, -0.2) is 6.21 Å². The van der Waals surface area contributed by atoms with Gasteiger partial charge in [-0.25, -0.2) is 4.39 Å². The summed E-state index contributed by atoms with van der Waals surface area (Å²) in [5.41, 5.74) is 7.71. The van der Waals surface area contributed by atoms with Gasteiger partial charge >= 0.3 is 0 Å². The SMILES string of the molecule is Cc1ccc2c(c1)[C@@H]1C=CC[C@@H]1[C@H](c1ccc(N=Cc3cc(Cl)ccc3OCc3ccc(F)cc3)cc1)N2. The summed E-state index contributed by atoms with van der Waals surface area (Å²) in [6, 6.07) is 27.1. The van der Waals surface area contributed by atoms with E-state index in [9.17, 15) is 4.39 Å². The Morgan fingerprint density at radius 3 is 2.63 bits per heavy atom. The second-order valence-corrected chi connectivity index (χ2v) is 10.4. The first kappa shape index (κ1) is 24.4. The molecule has 0 bridgehead atoms. The third kappa shape index (κ3) is 5.09. The molecule has 0 amide bonds. The minimum atomic E-state index is -0.266. The van der Waals surface area contributed by atoms with Gasteiger partial charge in [0, 0.05) is 28.4 Å². The summed E-state index contributed by atoms with van der Waals surface area (Å²) in [6.45, 7) is 2.48. The maximum atomic E-state index is 13.2. The van der Waals surface area contributed by atoms with Gasteiger partial charge in [-0.15, -0.1) is 0 Å². The molecule has 190 valence electrons. The number of anilines is 1. The quantitative estimate of drug-likeness (QED) is 0.202. The highest BCUT2D eigenvalue weighted by Gasteiger charge is 2.37. The fourth-order valence-corrected chi connectivity index (χ4v) is 5.63. The number of hydrogen-bond acceptors (Lipinski definition) is 3. The fourth-order valence-electron chi connectivity index (χ4n) is 5.45. The van der Waals surface area contributed by atoms with Crippen molar-refractivity contribution in [3.63, 3.8) is 0 Å². The Bertz CT molecular complexity index is 1510. The zero-order valence-corrected chi connectivity index (χ0v) is 21.8. The number of nitrogens with zero attached hydrogens (tertiary/aromatic N) is 1. The zero-order valence-electron chi connectivity index (χ0n) is 21.1. The number of aliphatic imine (C=N–C) groups is 1. The number of halogens is 2. The molecule has 3 atom stereocenters. The van der Waals surface area contributed by atoms with Gasteiger partial charge in [0.2, 0.25) is 0 Å². The highest BCUT2D eigenvalue weighted by Crippen LogP contribution is 2.50. The smallest absolute Gasteiger partial charge is 0.128 e. The minimum absolute atomic E-state index is 0.252. The van der Waals surface area contributed by atoms with Crippen LogP contribution in [0.3, 0.4) is 0 Å². The lowest BCUT2D eigenvalue weighted by atomic mass is 9.76. The van der Waals surface area contributed by atoms with E-state index in [0.717, 1.165) is 23.2 Å². The molecule has 1 N–H and O–H groups in total. The molecule has 1 aliphatic carbocycles. The molecule has 0 saturated heterocycles. The van der Waals surface area contributed by atoms with E-state index in [-0.39, 0.29) is 11.9 Å². The van der Waals surface area contributed by atoms with E-state index in [1.54, 1.807) is 24.4 Å². The maximum Gasteiger partial charge on any atom is 0.128 e. The van der Waals surface area contributed by atoms with Gasteiger partial charge in [-0.3, -0.25) is 4.99 Å².